The van der Waals surface area contributed by atoms with Crippen LogP contribution < -0.4 is 0 Å². The third-order valence-electron chi connectivity index (χ3n) is 9.33. The molecule has 1 spiro atoms. The van der Waals surface area contributed by atoms with Crippen molar-refractivity contribution in [1.29, 1.82) is 0 Å². The molecule has 1 aromatic carbocycles. The van der Waals surface area contributed by atoms with Crippen molar-refractivity contribution in [2.45, 2.75) is 76.8 Å². The van der Waals surface area contributed by atoms with Gasteiger partial charge in [-0.2, -0.15) is 0 Å². The van der Waals surface area contributed by atoms with Crippen LogP contribution in [0.3, 0.4) is 0 Å². The maximum Gasteiger partial charge on any atom is 0.248 e. The second-order valence-electron chi connectivity index (χ2n) is 12.0. The highest BCUT2D eigenvalue weighted by Crippen LogP contribution is 2.66. The Balaban J connectivity index is 1.91. The summed E-state index contributed by atoms with van der Waals surface area (Å²) in [5.41, 5.74) is -1.37. The molecule has 2 bridgehead atoms. The number of hydrogen-bond donors (Lipinski definition) is 1. The van der Waals surface area contributed by atoms with E-state index in [-0.39, 0.29) is 36.3 Å². The van der Waals surface area contributed by atoms with Crippen molar-refractivity contribution in [3.63, 3.8) is 0 Å². The number of nitrogens with zero attached hydrogens (tertiary/aromatic N) is 3. The molecule has 0 saturated carbocycles. The minimum Gasteiger partial charge on any atom is -0.394 e. The molecular formula is C32H45N3O5. The van der Waals surface area contributed by atoms with Crippen molar-refractivity contribution in [3.05, 3.63) is 61.2 Å². The molecule has 3 aliphatic heterocycles. The van der Waals surface area contributed by atoms with Crippen molar-refractivity contribution < 1.29 is 24.2 Å². The molecular weight excluding hydrogens is 506 g/mol. The highest BCUT2D eigenvalue weighted by atomic mass is 16.5. The van der Waals surface area contributed by atoms with Gasteiger partial charge >= 0.3 is 0 Å². The van der Waals surface area contributed by atoms with Gasteiger partial charge in [-0.25, -0.2) is 0 Å². The number of rotatable bonds is 12. The van der Waals surface area contributed by atoms with Gasteiger partial charge in [0.2, 0.25) is 17.7 Å². The van der Waals surface area contributed by atoms with Crippen LogP contribution in [0.15, 0.2) is 55.6 Å². The monoisotopic (exact) mass is 551 g/mol. The molecule has 1 N–H and O–H groups in total. The zero-order chi connectivity index (χ0) is 29.4. The lowest BCUT2D eigenvalue weighted by molar-refractivity contribution is -0.158. The number of ether oxygens (including phenoxy) is 1. The molecule has 8 heteroatoms. The van der Waals surface area contributed by atoms with Crippen LogP contribution in [0.4, 0.5) is 0 Å². The maximum atomic E-state index is 14.7. The largest absolute Gasteiger partial charge is 0.394 e. The number of carbonyl (C=O) groups excluding carboxylic acids is 3. The van der Waals surface area contributed by atoms with E-state index in [0.29, 0.717) is 26.1 Å². The van der Waals surface area contributed by atoms with Crippen LogP contribution in [0.1, 0.15) is 59.1 Å². The summed E-state index contributed by atoms with van der Waals surface area (Å²) in [6, 6.07) is 7.36. The SMILES string of the molecule is C=CCN(CCC)C(=O)[C@H]1[C@H]2C(=O)N([C@H](CO)c3ccccc3)C(C(=O)N(CC=C)C(C)C)C23CC(C)[C@]1(C)O3. The first-order valence-corrected chi connectivity index (χ1v) is 14.5. The predicted molar refractivity (Wildman–Crippen MR) is 154 cm³/mol. The Morgan fingerprint density at radius 3 is 2.38 bits per heavy atom. The molecule has 1 aromatic rings. The molecule has 3 aliphatic rings. The first-order valence-electron chi connectivity index (χ1n) is 14.5. The van der Waals surface area contributed by atoms with Crippen LogP contribution in [-0.4, -0.2) is 87.1 Å². The summed E-state index contributed by atoms with van der Waals surface area (Å²) in [7, 11) is 0. The highest BCUT2D eigenvalue weighted by molar-refractivity contribution is 5.99. The molecule has 0 aromatic heterocycles. The summed E-state index contributed by atoms with van der Waals surface area (Å²) in [6.45, 7) is 18.4. The summed E-state index contributed by atoms with van der Waals surface area (Å²) in [5.74, 6) is -2.36. The van der Waals surface area contributed by atoms with Gasteiger partial charge in [0, 0.05) is 25.7 Å². The second-order valence-corrected chi connectivity index (χ2v) is 12.0. The van der Waals surface area contributed by atoms with Crippen LogP contribution in [0.25, 0.3) is 0 Å². The predicted octanol–water partition coefficient (Wildman–Crippen LogP) is 3.58. The van der Waals surface area contributed by atoms with Crippen LogP contribution in [0.2, 0.25) is 0 Å². The minimum absolute atomic E-state index is 0.0656. The van der Waals surface area contributed by atoms with E-state index in [9.17, 15) is 19.5 Å². The number of likely N-dealkylation sites (tertiary alicyclic amines) is 1. The zero-order valence-corrected chi connectivity index (χ0v) is 24.6. The van der Waals surface area contributed by atoms with Gasteiger partial charge in [-0.15, -0.1) is 13.2 Å². The van der Waals surface area contributed by atoms with E-state index in [1.54, 1.807) is 22.0 Å². The van der Waals surface area contributed by atoms with Crippen LogP contribution in [0.5, 0.6) is 0 Å². The Morgan fingerprint density at radius 2 is 1.82 bits per heavy atom. The summed E-state index contributed by atoms with van der Waals surface area (Å²) in [5, 5.41) is 10.7. The summed E-state index contributed by atoms with van der Waals surface area (Å²) >= 11 is 0. The van der Waals surface area contributed by atoms with Crippen molar-refractivity contribution in [2.75, 3.05) is 26.2 Å². The van der Waals surface area contributed by atoms with Gasteiger partial charge in [0.15, 0.2) is 0 Å². The lowest BCUT2D eigenvalue weighted by atomic mass is 9.62. The number of aliphatic hydroxyl groups excluding tert-OH is 1. The Hall–Kier alpha value is -2.97. The number of aliphatic hydroxyl groups is 1. The molecule has 8 nitrogen and oxygen atoms in total. The first-order chi connectivity index (χ1) is 19.0. The van der Waals surface area contributed by atoms with E-state index in [2.05, 4.69) is 13.2 Å². The molecule has 218 valence electrons. The summed E-state index contributed by atoms with van der Waals surface area (Å²) < 4.78 is 6.91. The standard InChI is InChI=1S/C32H45N3O5/c1-8-16-33(17-9-2)28(37)25-26-29(38)35(24(20-36)23-14-12-11-13-15-23)27(30(39)34(18-10-3)21(4)5)32(26)19-22(6)31(25,7)40-32/h8,10-15,21-22,24-27,36H,1,3,9,16-20H2,2,4-7H3/t22?,24-,25-,26+,27?,31+,32?/m1/s1. The van der Waals surface area contributed by atoms with E-state index in [0.717, 1.165) is 12.0 Å². The van der Waals surface area contributed by atoms with Crippen molar-refractivity contribution in [3.8, 4) is 0 Å². The lowest BCUT2D eigenvalue weighted by Crippen LogP contribution is -2.58. The fraction of sp³-hybridized carbons (Fsp3) is 0.594. The van der Waals surface area contributed by atoms with Gasteiger partial charge in [-0.05, 0) is 45.1 Å². The molecule has 0 radical (unpaired) electrons. The molecule has 3 heterocycles. The molecule has 40 heavy (non-hydrogen) atoms. The highest BCUT2D eigenvalue weighted by Gasteiger charge is 2.80. The molecule has 3 fully saturated rings. The third-order valence-corrected chi connectivity index (χ3v) is 9.33. The fourth-order valence-electron chi connectivity index (χ4n) is 7.46. The van der Waals surface area contributed by atoms with Gasteiger partial charge in [-0.1, -0.05) is 56.3 Å². The maximum absolute atomic E-state index is 14.7. The summed E-state index contributed by atoms with van der Waals surface area (Å²) in [6.07, 6.45) is 4.61. The van der Waals surface area contributed by atoms with Crippen LogP contribution >= 0.6 is 0 Å². The van der Waals surface area contributed by atoms with E-state index < -0.39 is 35.1 Å². The number of hydrogen-bond acceptors (Lipinski definition) is 5. The number of carbonyl (C=O) groups is 3. The smallest absolute Gasteiger partial charge is 0.248 e. The zero-order valence-electron chi connectivity index (χ0n) is 24.6. The Morgan fingerprint density at radius 1 is 1.18 bits per heavy atom. The van der Waals surface area contributed by atoms with Gasteiger partial charge in [0.05, 0.1) is 30.1 Å². The molecule has 0 aliphatic carbocycles. The molecule has 7 atom stereocenters. The van der Waals surface area contributed by atoms with Gasteiger partial charge in [-0.3, -0.25) is 14.4 Å². The summed E-state index contributed by atoms with van der Waals surface area (Å²) in [4.78, 5) is 48.5. The molecule has 3 saturated heterocycles. The first kappa shape index (κ1) is 30.0. The normalized spacial score (nSPS) is 31.3. The van der Waals surface area contributed by atoms with Gasteiger partial charge < -0.3 is 24.5 Å². The van der Waals surface area contributed by atoms with Gasteiger partial charge in [0.1, 0.15) is 11.6 Å². The third kappa shape index (κ3) is 4.49. The van der Waals surface area contributed by atoms with Crippen molar-refractivity contribution in [1.82, 2.24) is 14.7 Å². The number of benzene rings is 1. The van der Waals surface area contributed by atoms with E-state index in [4.69, 9.17) is 4.74 Å². The Bertz CT molecular complexity index is 1140. The Labute approximate surface area is 238 Å². The van der Waals surface area contributed by atoms with Crippen molar-refractivity contribution in [2.24, 2.45) is 17.8 Å². The average Bonchev–Trinajstić information content (AvgIpc) is 3.44. The topological polar surface area (TPSA) is 90.4 Å². The molecule has 4 rings (SSSR count). The van der Waals surface area contributed by atoms with Crippen LogP contribution in [-0.2, 0) is 19.1 Å². The van der Waals surface area contributed by atoms with E-state index in [1.807, 2.05) is 65.0 Å². The molecule has 3 amide bonds. The molecule has 3 unspecified atom stereocenters. The number of fused-ring (bicyclic) bond motifs is 1. The average molecular weight is 552 g/mol. The van der Waals surface area contributed by atoms with Crippen LogP contribution in [0, 0.1) is 17.8 Å². The fourth-order valence-corrected chi connectivity index (χ4v) is 7.46. The van der Waals surface area contributed by atoms with E-state index >= 15 is 0 Å². The van der Waals surface area contributed by atoms with Crippen molar-refractivity contribution >= 4 is 17.7 Å². The number of amides is 3. The second kappa shape index (κ2) is 11.5. The Kier molecular flexibility index (Phi) is 8.62. The quantitative estimate of drug-likeness (QED) is 0.401. The minimum atomic E-state index is -1.19. The van der Waals surface area contributed by atoms with E-state index in [1.165, 1.54) is 4.90 Å². The van der Waals surface area contributed by atoms with Gasteiger partial charge in [0.25, 0.3) is 0 Å². The lowest BCUT2D eigenvalue weighted by Gasteiger charge is -2.40.